The first-order valence-electron chi connectivity index (χ1n) is 16.5. The zero-order valence-corrected chi connectivity index (χ0v) is 28.7. The van der Waals surface area contributed by atoms with Crippen LogP contribution in [-0.2, 0) is 31.2 Å². The van der Waals surface area contributed by atoms with Crippen LogP contribution in [0, 0.1) is 5.92 Å². The first-order chi connectivity index (χ1) is 23.1. The molecule has 0 saturated carbocycles. The summed E-state index contributed by atoms with van der Waals surface area (Å²) in [5, 5.41) is 11.5. The number of rotatable bonds is 9. The Morgan fingerprint density at radius 1 is 0.917 bits per heavy atom. The summed E-state index contributed by atoms with van der Waals surface area (Å²) in [6.45, 7) is 8.37. The van der Waals surface area contributed by atoms with E-state index in [4.69, 9.17) is 18.9 Å². The molecular formula is C36H41N3O8Si. The number of amides is 3. The van der Waals surface area contributed by atoms with Gasteiger partial charge in [0.1, 0.15) is 19.0 Å². The predicted octanol–water partition coefficient (Wildman–Crippen LogP) is 4.75. The van der Waals surface area contributed by atoms with Crippen molar-refractivity contribution in [2.24, 2.45) is 5.92 Å². The van der Waals surface area contributed by atoms with E-state index in [1.54, 1.807) is 21.8 Å². The van der Waals surface area contributed by atoms with Crippen molar-refractivity contribution in [3.8, 4) is 5.75 Å². The summed E-state index contributed by atoms with van der Waals surface area (Å²) in [5.41, 5.74) is 2.25. The number of anilines is 3. The van der Waals surface area contributed by atoms with Crippen LogP contribution in [0.15, 0.2) is 66.7 Å². The Hall–Kier alpha value is -4.39. The van der Waals surface area contributed by atoms with Crippen LogP contribution in [0.25, 0.3) is 0 Å². The van der Waals surface area contributed by atoms with Gasteiger partial charge in [0.05, 0.1) is 46.6 Å². The van der Waals surface area contributed by atoms with Gasteiger partial charge in [-0.2, -0.15) is 0 Å². The van der Waals surface area contributed by atoms with Crippen molar-refractivity contribution < 1.29 is 38.4 Å². The van der Waals surface area contributed by atoms with Crippen molar-refractivity contribution in [3.05, 3.63) is 77.9 Å². The molecule has 4 atom stereocenters. The Balaban J connectivity index is 1.32. The number of benzene rings is 3. The second-order valence-corrected chi connectivity index (χ2v) is 18.2. The van der Waals surface area contributed by atoms with Gasteiger partial charge in [-0.05, 0) is 60.0 Å². The lowest BCUT2D eigenvalue weighted by molar-refractivity contribution is -0.146. The topological polar surface area (TPSA) is 118 Å². The third-order valence-corrected chi connectivity index (χ3v) is 15.0. The Bertz CT molecular complexity index is 1750. The molecule has 3 amide bonds. The summed E-state index contributed by atoms with van der Waals surface area (Å²) < 4.78 is 22.9. The van der Waals surface area contributed by atoms with Gasteiger partial charge < -0.3 is 29.0 Å². The van der Waals surface area contributed by atoms with Crippen molar-refractivity contribution in [2.45, 2.75) is 50.2 Å². The molecule has 11 nitrogen and oxygen atoms in total. The van der Waals surface area contributed by atoms with Crippen LogP contribution < -0.4 is 24.6 Å². The van der Waals surface area contributed by atoms with Crippen LogP contribution >= 0.6 is 0 Å². The highest BCUT2D eigenvalue weighted by molar-refractivity contribution is 6.91. The summed E-state index contributed by atoms with van der Waals surface area (Å²) in [6.07, 6.45) is -0.806. The molecule has 4 aliphatic rings. The number of methoxy groups -OCH3 is 1. The molecule has 0 unspecified atom stereocenters. The SMILES string of the molecule is COc1ccc([Si](C)(C)[C@H]2[C@H](CCO)O[C@@]3(C(=O)N(Cc4cccc(N5CCOC5=O)c4)c4ccc(N5CCOC5=O)cc43)[C@@H]2C)cc1. The molecule has 1 spiro atoms. The fourth-order valence-corrected chi connectivity index (χ4v) is 12.3. The molecule has 3 aromatic carbocycles. The highest BCUT2D eigenvalue weighted by Crippen LogP contribution is 2.60. The third-order valence-electron chi connectivity index (χ3n) is 10.6. The molecule has 4 aliphatic heterocycles. The second kappa shape index (κ2) is 12.2. The first-order valence-corrected chi connectivity index (χ1v) is 19.5. The van der Waals surface area contributed by atoms with E-state index in [9.17, 15) is 14.7 Å². The minimum absolute atomic E-state index is 0.0280. The fraction of sp³-hybridized carbons (Fsp3) is 0.417. The molecule has 4 heterocycles. The standard InChI is InChI=1S/C36H41N3O8Si/c1-23-32(48(3,4)28-11-9-27(44-2)10-12-28)31(14-17-40)47-36(23)29-21-26(38-16-19-46-35(38)43)8-13-30(29)39(33(36)41)22-24-6-5-7-25(20-24)37-15-18-45-34(37)42/h5-13,20-21,23,31-32,40H,14-19,22H2,1-4H3/t23-,31+,32-,36+/m1/s1. The maximum Gasteiger partial charge on any atom is 0.414 e. The molecule has 0 radical (unpaired) electrons. The van der Waals surface area contributed by atoms with E-state index >= 15 is 4.79 Å². The quantitative estimate of drug-likeness (QED) is 0.324. The van der Waals surface area contributed by atoms with Crippen molar-refractivity contribution >= 4 is 48.4 Å². The lowest BCUT2D eigenvalue weighted by atomic mass is 9.82. The number of hydrogen-bond donors (Lipinski definition) is 1. The molecule has 3 fully saturated rings. The Kier molecular flexibility index (Phi) is 8.21. The molecule has 0 aliphatic carbocycles. The molecule has 0 bridgehead atoms. The minimum Gasteiger partial charge on any atom is -0.497 e. The van der Waals surface area contributed by atoms with Gasteiger partial charge in [-0.3, -0.25) is 14.6 Å². The van der Waals surface area contributed by atoms with E-state index in [0.29, 0.717) is 55.3 Å². The van der Waals surface area contributed by atoms with Gasteiger partial charge in [-0.1, -0.05) is 49.5 Å². The van der Waals surface area contributed by atoms with Gasteiger partial charge in [-0.15, -0.1) is 0 Å². The van der Waals surface area contributed by atoms with Crippen LogP contribution in [0.1, 0.15) is 24.5 Å². The zero-order chi connectivity index (χ0) is 33.8. The number of aliphatic hydroxyl groups is 1. The number of carbonyl (C=O) groups excluding carboxylic acids is 3. The van der Waals surface area contributed by atoms with E-state index in [2.05, 4.69) is 32.2 Å². The normalized spacial score (nSPS) is 25.2. The average molecular weight is 672 g/mol. The molecule has 252 valence electrons. The van der Waals surface area contributed by atoms with E-state index < -0.39 is 19.8 Å². The number of carbonyl (C=O) groups is 3. The number of ether oxygens (including phenoxy) is 4. The highest BCUT2D eigenvalue weighted by atomic mass is 28.3. The molecule has 3 saturated heterocycles. The Labute approximate surface area is 280 Å². The van der Waals surface area contributed by atoms with Crippen LogP contribution in [0.2, 0.25) is 18.6 Å². The Morgan fingerprint density at radius 3 is 2.19 bits per heavy atom. The van der Waals surface area contributed by atoms with Gasteiger partial charge in [-0.25, -0.2) is 9.59 Å². The molecule has 1 N–H and O–H groups in total. The molecule has 3 aromatic rings. The van der Waals surface area contributed by atoms with E-state index in [1.165, 1.54) is 5.19 Å². The van der Waals surface area contributed by atoms with Gasteiger partial charge in [0.2, 0.25) is 0 Å². The third kappa shape index (κ3) is 5.05. The van der Waals surface area contributed by atoms with Gasteiger partial charge >= 0.3 is 12.2 Å². The van der Waals surface area contributed by atoms with E-state index in [-0.39, 0.29) is 42.7 Å². The van der Waals surface area contributed by atoms with Crippen LogP contribution in [0.5, 0.6) is 5.75 Å². The molecule has 7 rings (SSSR count). The lowest BCUT2D eigenvalue weighted by Gasteiger charge is -2.37. The van der Waals surface area contributed by atoms with Crippen LogP contribution in [0.4, 0.5) is 26.7 Å². The smallest absolute Gasteiger partial charge is 0.414 e. The number of aliphatic hydroxyl groups excluding tert-OH is 1. The number of fused-ring (bicyclic) bond motifs is 2. The summed E-state index contributed by atoms with van der Waals surface area (Å²) in [7, 11) is -0.716. The van der Waals surface area contributed by atoms with E-state index in [1.807, 2.05) is 54.6 Å². The van der Waals surface area contributed by atoms with Crippen molar-refractivity contribution in [2.75, 3.05) is 54.7 Å². The molecule has 12 heteroatoms. The molecule has 0 aromatic heterocycles. The largest absolute Gasteiger partial charge is 0.497 e. The number of nitrogens with zero attached hydrogens (tertiary/aromatic N) is 3. The maximum absolute atomic E-state index is 15.1. The summed E-state index contributed by atoms with van der Waals surface area (Å²) >= 11 is 0. The van der Waals surface area contributed by atoms with Crippen molar-refractivity contribution in [3.63, 3.8) is 0 Å². The summed E-state index contributed by atoms with van der Waals surface area (Å²) in [6, 6.07) is 21.4. The van der Waals surface area contributed by atoms with Crippen LogP contribution in [-0.4, -0.2) is 77.4 Å². The van der Waals surface area contributed by atoms with Crippen molar-refractivity contribution in [1.82, 2.24) is 0 Å². The summed E-state index contributed by atoms with van der Waals surface area (Å²) in [5.74, 6) is 0.333. The van der Waals surface area contributed by atoms with Gasteiger partial charge in [0, 0.05) is 29.5 Å². The first kappa shape index (κ1) is 32.2. The predicted molar refractivity (Wildman–Crippen MR) is 183 cm³/mol. The number of cyclic esters (lactones) is 2. The van der Waals surface area contributed by atoms with Gasteiger partial charge in [0.25, 0.3) is 5.91 Å². The minimum atomic E-state index is -2.36. The second-order valence-electron chi connectivity index (χ2n) is 13.5. The monoisotopic (exact) mass is 671 g/mol. The zero-order valence-electron chi connectivity index (χ0n) is 27.7. The fourth-order valence-electron chi connectivity index (χ4n) is 8.28. The molecular weight excluding hydrogens is 630 g/mol. The molecule has 48 heavy (non-hydrogen) atoms. The highest BCUT2D eigenvalue weighted by Gasteiger charge is 2.66. The van der Waals surface area contributed by atoms with E-state index in [0.717, 1.165) is 11.3 Å². The average Bonchev–Trinajstić information content (AvgIpc) is 3.84. The summed E-state index contributed by atoms with van der Waals surface area (Å²) in [4.78, 5) is 45.0. The maximum atomic E-state index is 15.1. The van der Waals surface area contributed by atoms with Gasteiger partial charge in [0.15, 0.2) is 5.60 Å². The van der Waals surface area contributed by atoms with Crippen molar-refractivity contribution in [1.29, 1.82) is 0 Å². The lowest BCUT2D eigenvalue weighted by Crippen LogP contribution is -2.51. The Morgan fingerprint density at radius 2 is 1.58 bits per heavy atom. The van der Waals surface area contributed by atoms with Crippen LogP contribution in [0.3, 0.4) is 0 Å². The number of hydrogen-bond acceptors (Lipinski definition) is 8.